The van der Waals surface area contributed by atoms with Gasteiger partial charge in [0.25, 0.3) is 0 Å². The van der Waals surface area contributed by atoms with Crippen molar-refractivity contribution in [2.24, 2.45) is 12.0 Å². The molecule has 0 saturated carbocycles. The van der Waals surface area contributed by atoms with Crippen LogP contribution in [0, 0.1) is 5.82 Å². The van der Waals surface area contributed by atoms with Gasteiger partial charge in [0.1, 0.15) is 11.4 Å². The lowest BCUT2D eigenvalue weighted by molar-refractivity contribution is 0.0672. The Morgan fingerprint density at radius 1 is 1.22 bits per heavy atom. The number of aliphatic imine (C=N–C) groups is 1. The largest absolute Gasteiger partial charge is 0.383 e. The van der Waals surface area contributed by atoms with Gasteiger partial charge < -0.3 is 20.6 Å². The number of aliphatic hydroxyl groups is 1. The van der Waals surface area contributed by atoms with Crippen molar-refractivity contribution in [3.05, 3.63) is 48.0 Å². The Hall–Kier alpha value is -2.65. The van der Waals surface area contributed by atoms with Crippen LogP contribution in [0.3, 0.4) is 0 Å². The minimum atomic E-state index is -1.07. The number of para-hydroxylation sites is 1. The van der Waals surface area contributed by atoms with Gasteiger partial charge in [0.05, 0.1) is 18.4 Å². The van der Waals surface area contributed by atoms with E-state index < -0.39 is 5.60 Å². The lowest BCUT2D eigenvalue weighted by Crippen LogP contribution is -2.47. The molecule has 2 heterocycles. The molecule has 176 valence electrons. The van der Waals surface area contributed by atoms with Crippen molar-refractivity contribution in [1.82, 2.24) is 25.3 Å². The van der Waals surface area contributed by atoms with Crippen molar-refractivity contribution in [3.63, 3.8) is 0 Å². The predicted molar refractivity (Wildman–Crippen MR) is 126 cm³/mol. The van der Waals surface area contributed by atoms with Gasteiger partial charge >= 0.3 is 0 Å². The molecule has 1 aromatic heterocycles. The summed E-state index contributed by atoms with van der Waals surface area (Å²) in [5.41, 5.74) is 0.366. The zero-order chi connectivity index (χ0) is 23.0. The first-order chi connectivity index (χ1) is 15.4. The number of benzene rings is 1. The number of rotatable bonds is 9. The van der Waals surface area contributed by atoms with Gasteiger partial charge in [-0.15, -0.1) is 0 Å². The Balaban J connectivity index is 1.40. The summed E-state index contributed by atoms with van der Waals surface area (Å²) in [6.07, 6.45) is 4.45. The van der Waals surface area contributed by atoms with Gasteiger partial charge in [-0.25, -0.2) is 9.38 Å². The van der Waals surface area contributed by atoms with Crippen LogP contribution in [-0.2, 0) is 12.6 Å². The van der Waals surface area contributed by atoms with E-state index in [1.54, 1.807) is 23.9 Å². The van der Waals surface area contributed by atoms with E-state index in [2.05, 4.69) is 30.5 Å². The molecule has 3 rings (SSSR count). The quantitative estimate of drug-likeness (QED) is 0.309. The molecule has 8 nitrogen and oxygen atoms in total. The van der Waals surface area contributed by atoms with Gasteiger partial charge in [0.2, 0.25) is 0 Å². The fourth-order valence-corrected chi connectivity index (χ4v) is 3.80. The van der Waals surface area contributed by atoms with Crippen LogP contribution in [0.25, 0.3) is 0 Å². The lowest BCUT2D eigenvalue weighted by atomic mass is 10.0. The van der Waals surface area contributed by atoms with Crippen molar-refractivity contribution in [2.45, 2.75) is 25.9 Å². The Morgan fingerprint density at radius 3 is 2.62 bits per heavy atom. The summed E-state index contributed by atoms with van der Waals surface area (Å²) < 4.78 is 15.7. The second-order valence-electron chi connectivity index (χ2n) is 8.43. The van der Waals surface area contributed by atoms with Gasteiger partial charge in [-0.05, 0) is 38.9 Å². The summed E-state index contributed by atoms with van der Waals surface area (Å²) in [7, 11) is 1.83. The molecule has 3 N–H and O–H groups in total. The Kier molecular flexibility index (Phi) is 8.46. The molecular formula is C23H36FN7O. The fraction of sp³-hybridized carbons (Fsp3) is 0.565. The van der Waals surface area contributed by atoms with Gasteiger partial charge in [0, 0.05) is 58.1 Å². The van der Waals surface area contributed by atoms with Crippen molar-refractivity contribution < 1.29 is 9.50 Å². The molecule has 0 amide bonds. The first-order valence-corrected chi connectivity index (χ1v) is 11.3. The van der Waals surface area contributed by atoms with Crippen LogP contribution in [0.15, 0.2) is 41.7 Å². The molecule has 1 atom stereocenters. The molecule has 0 bridgehead atoms. The number of anilines is 1. The molecule has 0 radical (unpaired) electrons. The second-order valence-corrected chi connectivity index (χ2v) is 8.43. The fourth-order valence-electron chi connectivity index (χ4n) is 3.80. The van der Waals surface area contributed by atoms with Crippen LogP contribution >= 0.6 is 0 Å². The Morgan fingerprint density at radius 2 is 1.97 bits per heavy atom. The van der Waals surface area contributed by atoms with E-state index in [1.165, 1.54) is 6.07 Å². The molecule has 0 aliphatic carbocycles. The monoisotopic (exact) mass is 445 g/mol. The number of hydrogen-bond donors (Lipinski definition) is 3. The zero-order valence-corrected chi connectivity index (χ0v) is 19.4. The number of piperazine rings is 1. The average molecular weight is 446 g/mol. The maximum absolute atomic E-state index is 14.0. The van der Waals surface area contributed by atoms with Crippen LogP contribution in [0.5, 0.6) is 0 Å². The second kappa shape index (κ2) is 11.3. The molecule has 1 fully saturated rings. The molecule has 1 unspecified atom stereocenters. The molecule has 0 spiro atoms. The third-order valence-electron chi connectivity index (χ3n) is 5.73. The number of aryl methyl sites for hydroxylation is 1. The summed E-state index contributed by atoms with van der Waals surface area (Å²) in [5.74, 6) is 0.545. The molecule has 32 heavy (non-hydrogen) atoms. The SMILES string of the molecule is CCNC(=NCC(C)(O)c1cnn(C)c1)NCCCN1CCN(c2ccccc2F)CC1. The standard InChI is InChI=1S/C23H36FN7O/c1-4-25-22(27-18-23(2,32)19-16-28-29(3)17-19)26-10-7-11-30-12-14-31(15-13-30)21-9-6-5-8-20(21)24/h5-6,8-9,16-17,32H,4,7,10-15,18H2,1-3H3,(H2,25,26,27). The van der Waals surface area contributed by atoms with Gasteiger partial charge in [0.15, 0.2) is 5.96 Å². The zero-order valence-electron chi connectivity index (χ0n) is 19.4. The van der Waals surface area contributed by atoms with Gasteiger partial charge in [-0.1, -0.05) is 12.1 Å². The van der Waals surface area contributed by atoms with E-state index >= 15 is 0 Å². The molecule has 1 aliphatic heterocycles. The maximum atomic E-state index is 14.0. The summed E-state index contributed by atoms with van der Waals surface area (Å²) in [4.78, 5) is 9.09. The number of aromatic nitrogens is 2. The molecule has 2 aromatic rings. The number of halogens is 1. The minimum absolute atomic E-state index is 0.150. The number of guanidine groups is 1. The first-order valence-electron chi connectivity index (χ1n) is 11.3. The molecular weight excluding hydrogens is 409 g/mol. The van der Waals surface area contributed by atoms with Gasteiger partial charge in [-0.2, -0.15) is 5.10 Å². The van der Waals surface area contributed by atoms with E-state index in [-0.39, 0.29) is 12.4 Å². The highest BCUT2D eigenvalue weighted by Crippen LogP contribution is 2.21. The lowest BCUT2D eigenvalue weighted by Gasteiger charge is -2.36. The van der Waals surface area contributed by atoms with E-state index in [0.717, 1.165) is 57.8 Å². The predicted octanol–water partition coefficient (Wildman–Crippen LogP) is 1.53. The maximum Gasteiger partial charge on any atom is 0.191 e. The Labute approximate surface area is 190 Å². The molecule has 1 aliphatic rings. The highest BCUT2D eigenvalue weighted by molar-refractivity contribution is 5.79. The van der Waals surface area contributed by atoms with E-state index in [9.17, 15) is 9.50 Å². The third kappa shape index (κ3) is 6.67. The number of nitrogens with zero attached hydrogens (tertiary/aromatic N) is 5. The summed E-state index contributed by atoms with van der Waals surface area (Å²) in [6.45, 7) is 10.0. The highest BCUT2D eigenvalue weighted by atomic mass is 19.1. The smallest absolute Gasteiger partial charge is 0.191 e. The molecule has 1 saturated heterocycles. The first kappa shape index (κ1) is 24.0. The third-order valence-corrected chi connectivity index (χ3v) is 5.73. The van der Waals surface area contributed by atoms with E-state index in [4.69, 9.17) is 0 Å². The van der Waals surface area contributed by atoms with Crippen LogP contribution in [0.4, 0.5) is 10.1 Å². The summed E-state index contributed by atoms with van der Waals surface area (Å²) in [6, 6.07) is 6.98. The van der Waals surface area contributed by atoms with Crippen molar-refractivity contribution in [1.29, 1.82) is 0 Å². The van der Waals surface area contributed by atoms with Crippen LogP contribution in [0.2, 0.25) is 0 Å². The van der Waals surface area contributed by atoms with E-state index in [1.807, 2.05) is 32.3 Å². The molecule has 9 heteroatoms. The number of nitrogens with one attached hydrogen (secondary N) is 2. The highest BCUT2D eigenvalue weighted by Gasteiger charge is 2.24. The summed E-state index contributed by atoms with van der Waals surface area (Å²) >= 11 is 0. The van der Waals surface area contributed by atoms with E-state index in [0.29, 0.717) is 11.6 Å². The normalized spacial score (nSPS) is 17.3. The van der Waals surface area contributed by atoms with Crippen LogP contribution in [-0.4, -0.2) is 78.1 Å². The number of hydrogen-bond acceptors (Lipinski definition) is 5. The average Bonchev–Trinajstić information content (AvgIpc) is 3.23. The van der Waals surface area contributed by atoms with Crippen molar-refractivity contribution in [3.8, 4) is 0 Å². The molecule has 1 aromatic carbocycles. The Bertz CT molecular complexity index is 875. The van der Waals surface area contributed by atoms with Crippen molar-refractivity contribution in [2.75, 3.05) is 57.3 Å². The topological polar surface area (TPSA) is 80.9 Å². The van der Waals surface area contributed by atoms with Crippen LogP contribution in [0.1, 0.15) is 25.8 Å². The van der Waals surface area contributed by atoms with Gasteiger partial charge in [-0.3, -0.25) is 9.58 Å². The van der Waals surface area contributed by atoms with Crippen molar-refractivity contribution >= 4 is 11.6 Å². The minimum Gasteiger partial charge on any atom is -0.383 e. The summed E-state index contributed by atoms with van der Waals surface area (Å²) in [5, 5.41) is 21.4. The van der Waals surface area contributed by atoms with Crippen LogP contribution < -0.4 is 15.5 Å².